The van der Waals surface area contributed by atoms with Crippen LogP contribution in [0.5, 0.6) is 0 Å². The van der Waals surface area contributed by atoms with Crippen LogP contribution in [-0.2, 0) is 4.74 Å². The van der Waals surface area contributed by atoms with E-state index in [-0.39, 0.29) is 13.0 Å². The smallest absolute Gasteiger partial charge is 0.330 e. The van der Waals surface area contributed by atoms with Gasteiger partial charge in [-0.15, -0.1) is 0 Å². The normalized spacial score (nSPS) is 23.1. The number of hydrogen-bond donors (Lipinski definition) is 3. The summed E-state index contributed by atoms with van der Waals surface area (Å²) in [7, 11) is 0. The van der Waals surface area contributed by atoms with Gasteiger partial charge in [0.25, 0.3) is 11.1 Å². The zero-order valence-corrected chi connectivity index (χ0v) is 13.7. The molecule has 3 N–H and O–H groups in total. The minimum absolute atomic E-state index is 0.210. The molecule has 0 spiro atoms. The average molecular weight is 350 g/mol. The summed E-state index contributed by atoms with van der Waals surface area (Å²) in [4.78, 5) is 51.6. The Kier molecular flexibility index (Phi) is 4.31. The lowest BCUT2D eigenvalue weighted by atomic mass is 10.1. The van der Waals surface area contributed by atoms with Gasteiger partial charge in [0.15, 0.2) is 0 Å². The van der Waals surface area contributed by atoms with Crippen LogP contribution in [0.25, 0.3) is 0 Å². The second kappa shape index (κ2) is 6.30. The van der Waals surface area contributed by atoms with Gasteiger partial charge in [-0.25, -0.2) is 9.59 Å². The Hall–Kier alpha value is -2.72. The summed E-state index contributed by atoms with van der Waals surface area (Å²) in [5.74, 6) is 0. The lowest BCUT2D eigenvalue weighted by Gasteiger charge is -2.18. The summed E-state index contributed by atoms with van der Waals surface area (Å²) in [6.07, 6.45) is 1.49. The van der Waals surface area contributed by atoms with Gasteiger partial charge in [0.1, 0.15) is 12.3 Å². The summed E-state index contributed by atoms with van der Waals surface area (Å²) < 4.78 is 8.22. The fraction of sp³-hybridized carbons (Fsp3) is 0.467. The lowest BCUT2D eigenvalue weighted by Crippen LogP contribution is -2.36. The minimum Gasteiger partial charge on any atom is -0.394 e. The fourth-order valence-electron chi connectivity index (χ4n) is 2.98. The van der Waals surface area contributed by atoms with Gasteiger partial charge in [0, 0.05) is 29.9 Å². The van der Waals surface area contributed by atoms with E-state index >= 15 is 0 Å². The summed E-state index contributed by atoms with van der Waals surface area (Å²) in [5.41, 5.74) is -1.54. The van der Waals surface area contributed by atoms with Crippen LogP contribution in [0.15, 0.2) is 31.6 Å². The van der Waals surface area contributed by atoms with Gasteiger partial charge in [-0.3, -0.25) is 28.7 Å². The Morgan fingerprint density at radius 3 is 2.12 bits per heavy atom. The molecule has 0 unspecified atom stereocenters. The van der Waals surface area contributed by atoms with Crippen molar-refractivity contribution in [1.29, 1.82) is 0 Å². The molecule has 0 saturated carbocycles. The van der Waals surface area contributed by atoms with Crippen molar-refractivity contribution in [3.8, 4) is 0 Å². The highest BCUT2D eigenvalue weighted by Crippen LogP contribution is 2.35. The van der Waals surface area contributed by atoms with Gasteiger partial charge in [-0.2, -0.15) is 0 Å². The van der Waals surface area contributed by atoms with Crippen LogP contribution in [0.1, 0.15) is 29.8 Å². The predicted molar refractivity (Wildman–Crippen MR) is 86.8 cm³/mol. The zero-order chi connectivity index (χ0) is 18.3. The number of aryl methyl sites for hydroxylation is 2. The van der Waals surface area contributed by atoms with Crippen molar-refractivity contribution in [2.45, 2.75) is 38.6 Å². The number of nitrogens with one attached hydrogen (secondary N) is 2. The number of ether oxygens (including phenoxy) is 1. The van der Waals surface area contributed by atoms with Crippen LogP contribution in [-0.4, -0.2) is 36.9 Å². The van der Waals surface area contributed by atoms with E-state index in [1.165, 1.54) is 21.5 Å². The number of rotatable bonds is 3. The molecule has 10 heteroatoms. The molecule has 0 bridgehead atoms. The molecule has 134 valence electrons. The van der Waals surface area contributed by atoms with Crippen LogP contribution < -0.4 is 22.5 Å². The molecule has 25 heavy (non-hydrogen) atoms. The van der Waals surface area contributed by atoms with E-state index in [4.69, 9.17) is 4.74 Å². The molecule has 2 aromatic rings. The van der Waals surface area contributed by atoms with Crippen molar-refractivity contribution in [3.63, 3.8) is 0 Å². The lowest BCUT2D eigenvalue weighted by molar-refractivity contribution is -0.0318. The van der Waals surface area contributed by atoms with E-state index in [0.717, 1.165) is 0 Å². The predicted octanol–water partition coefficient (Wildman–Crippen LogP) is -1.48. The van der Waals surface area contributed by atoms with Crippen LogP contribution in [0.3, 0.4) is 0 Å². The van der Waals surface area contributed by atoms with Crippen LogP contribution in [0, 0.1) is 13.8 Å². The molecule has 1 fully saturated rings. The van der Waals surface area contributed by atoms with E-state index in [2.05, 4.69) is 9.97 Å². The second-order valence-electron chi connectivity index (χ2n) is 6.07. The van der Waals surface area contributed by atoms with Gasteiger partial charge in [-0.05, 0) is 13.8 Å². The molecule has 0 aromatic carbocycles. The first-order chi connectivity index (χ1) is 11.8. The minimum atomic E-state index is -0.760. The average Bonchev–Trinajstić information content (AvgIpc) is 2.98. The maximum atomic E-state index is 12.1. The van der Waals surface area contributed by atoms with E-state index in [9.17, 15) is 24.3 Å². The van der Waals surface area contributed by atoms with Crippen molar-refractivity contribution in [2.75, 3.05) is 6.61 Å². The van der Waals surface area contributed by atoms with E-state index in [0.29, 0.717) is 11.1 Å². The quantitative estimate of drug-likeness (QED) is 0.617. The number of aromatic amines is 2. The third-order valence-electron chi connectivity index (χ3n) is 4.34. The molecule has 0 radical (unpaired) electrons. The van der Waals surface area contributed by atoms with Crippen molar-refractivity contribution in [3.05, 3.63) is 65.2 Å². The third kappa shape index (κ3) is 3.01. The van der Waals surface area contributed by atoms with Crippen molar-refractivity contribution < 1.29 is 9.84 Å². The van der Waals surface area contributed by atoms with E-state index in [1.807, 2.05) is 0 Å². The number of aliphatic hydroxyl groups excluding tert-OH is 1. The SMILES string of the molecule is Cc1cn([C@H]2C[C@H](n3cc(C)c(=O)[nH]c3=O)[C@@H](CO)O2)c(=O)[nH]c1=O. The molecule has 1 saturated heterocycles. The number of aliphatic hydroxyl groups is 1. The topological polar surface area (TPSA) is 139 Å². The maximum absolute atomic E-state index is 12.1. The Balaban J connectivity index is 2.02. The first kappa shape index (κ1) is 17.1. The van der Waals surface area contributed by atoms with Crippen molar-refractivity contribution >= 4 is 0 Å². The molecular formula is C15H18N4O6. The van der Waals surface area contributed by atoms with Gasteiger partial charge in [0.05, 0.1) is 12.6 Å². The van der Waals surface area contributed by atoms with Gasteiger partial charge < -0.3 is 9.84 Å². The summed E-state index contributed by atoms with van der Waals surface area (Å²) in [6.45, 7) is 2.75. The first-order valence-corrected chi connectivity index (χ1v) is 7.72. The molecule has 2 aromatic heterocycles. The van der Waals surface area contributed by atoms with Crippen molar-refractivity contribution in [2.24, 2.45) is 0 Å². The van der Waals surface area contributed by atoms with E-state index in [1.54, 1.807) is 13.8 Å². The van der Waals surface area contributed by atoms with Crippen LogP contribution in [0.4, 0.5) is 0 Å². The third-order valence-corrected chi connectivity index (χ3v) is 4.34. The fourth-order valence-corrected chi connectivity index (χ4v) is 2.98. The Morgan fingerprint density at radius 1 is 1.04 bits per heavy atom. The molecule has 10 nitrogen and oxygen atoms in total. The number of hydrogen-bond acceptors (Lipinski definition) is 6. The highest BCUT2D eigenvalue weighted by molar-refractivity contribution is 5.05. The van der Waals surface area contributed by atoms with Gasteiger partial charge >= 0.3 is 11.4 Å². The molecule has 3 rings (SSSR count). The van der Waals surface area contributed by atoms with Crippen LogP contribution in [0.2, 0.25) is 0 Å². The Morgan fingerprint density at radius 2 is 1.56 bits per heavy atom. The number of H-pyrrole nitrogens is 2. The summed E-state index contributed by atoms with van der Waals surface area (Å²) >= 11 is 0. The van der Waals surface area contributed by atoms with Gasteiger partial charge in [0.2, 0.25) is 0 Å². The highest BCUT2D eigenvalue weighted by atomic mass is 16.5. The molecule has 0 amide bonds. The van der Waals surface area contributed by atoms with Crippen LogP contribution >= 0.6 is 0 Å². The summed E-state index contributed by atoms with van der Waals surface area (Å²) in [6, 6.07) is -0.572. The molecule has 3 atom stereocenters. The van der Waals surface area contributed by atoms with Gasteiger partial charge in [-0.1, -0.05) is 0 Å². The highest BCUT2D eigenvalue weighted by Gasteiger charge is 2.38. The molecule has 1 aliphatic heterocycles. The Bertz CT molecular complexity index is 1030. The standard InChI is InChI=1S/C15H18N4O6/c1-7-4-18(14(23)16-12(7)21)9-3-11(25-10(9)6-20)19-5-8(2)13(22)17-15(19)24/h4-5,9-11,20H,3,6H2,1-2H3,(H,16,21,23)(H,17,22,24)/t9-,10+,11+/m0/s1. The molecule has 1 aliphatic rings. The first-order valence-electron chi connectivity index (χ1n) is 7.72. The number of aromatic nitrogens is 4. The molecule has 0 aliphatic carbocycles. The summed E-state index contributed by atoms with van der Waals surface area (Å²) in [5, 5.41) is 9.59. The maximum Gasteiger partial charge on any atom is 0.330 e. The molecular weight excluding hydrogens is 332 g/mol. The largest absolute Gasteiger partial charge is 0.394 e. The zero-order valence-electron chi connectivity index (χ0n) is 13.7. The Labute approximate surface area is 140 Å². The molecule has 3 heterocycles. The second-order valence-corrected chi connectivity index (χ2v) is 6.07. The monoisotopic (exact) mass is 350 g/mol. The van der Waals surface area contributed by atoms with E-state index < -0.39 is 40.9 Å². The number of nitrogens with zero attached hydrogens (tertiary/aromatic N) is 2. The van der Waals surface area contributed by atoms with Crippen molar-refractivity contribution in [1.82, 2.24) is 19.1 Å².